The van der Waals surface area contributed by atoms with Crippen LogP contribution in [-0.4, -0.2) is 28.9 Å². The summed E-state index contributed by atoms with van der Waals surface area (Å²) in [5.74, 6) is -1.59. The molecule has 0 saturated carbocycles. The molecule has 1 atom stereocenters. The van der Waals surface area contributed by atoms with Crippen molar-refractivity contribution in [3.05, 3.63) is 84.2 Å². The first-order valence-corrected chi connectivity index (χ1v) is 11.3. The van der Waals surface area contributed by atoms with Crippen LogP contribution in [-0.2, 0) is 14.4 Å². The maximum absolute atomic E-state index is 13.0. The third kappa shape index (κ3) is 5.32. The summed E-state index contributed by atoms with van der Waals surface area (Å²) in [5.41, 5.74) is 1.91. The minimum absolute atomic E-state index is 0.0694. The van der Waals surface area contributed by atoms with Gasteiger partial charge in [0.1, 0.15) is 5.82 Å². The van der Waals surface area contributed by atoms with Gasteiger partial charge in [-0.1, -0.05) is 0 Å². The minimum Gasteiger partial charge on any atom is -0.326 e. The van der Waals surface area contributed by atoms with E-state index >= 15 is 0 Å². The predicted molar refractivity (Wildman–Crippen MR) is 128 cm³/mol. The molecule has 3 aromatic carbocycles. The van der Waals surface area contributed by atoms with E-state index in [1.807, 2.05) is 0 Å². The lowest BCUT2D eigenvalue weighted by molar-refractivity contribution is -0.121. The van der Waals surface area contributed by atoms with Crippen molar-refractivity contribution >= 4 is 52.5 Å². The average molecular weight is 478 g/mol. The van der Waals surface area contributed by atoms with Crippen LogP contribution in [0.5, 0.6) is 0 Å². The molecule has 0 spiro atoms. The van der Waals surface area contributed by atoms with E-state index in [0.717, 1.165) is 9.80 Å². The molecule has 1 fully saturated rings. The Balaban J connectivity index is 1.38. The fourth-order valence-corrected chi connectivity index (χ4v) is 4.50. The smallest absolute Gasteiger partial charge is 0.255 e. The lowest BCUT2D eigenvalue weighted by Gasteiger charge is -2.15. The number of imide groups is 1. The number of halogens is 1. The molecule has 0 bridgehead atoms. The maximum Gasteiger partial charge on any atom is 0.255 e. The fraction of sp³-hybridized carbons (Fsp3) is 0.120. The predicted octanol–water partition coefficient (Wildman–Crippen LogP) is 4.46. The summed E-state index contributed by atoms with van der Waals surface area (Å²) in [4.78, 5) is 50.8. The second kappa shape index (κ2) is 9.88. The number of hydrogen-bond acceptors (Lipinski definition) is 5. The SMILES string of the molecule is CC(=O)Nc1ccc(N2C(=O)CC(Sc3ccc(NC(=O)c4ccc(F)cc4)cc3)C2=O)cc1. The Morgan fingerprint density at radius 3 is 2.09 bits per heavy atom. The van der Waals surface area contributed by atoms with Crippen LogP contribution >= 0.6 is 11.8 Å². The van der Waals surface area contributed by atoms with Gasteiger partial charge in [0.15, 0.2) is 0 Å². The van der Waals surface area contributed by atoms with E-state index in [1.54, 1.807) is 48.5 Å². The zero-order chi connectivity index (χ0) is 24.2. The summed E-state index contributed by atoms with van der Waals surface area (Å²) in [6, 6.07) is 18.7. The molecule has 1 saturated heterocycles. The number of carbonyl (C=O) groups is 4. The number of nitrogens with one attached hydrogen (secondary N) is 2. The standard InChI is InChI=1S/C25H20FN3O4S/c1-15(30)27-18-6-10-20(11-7-18)29-23(31)14-22(25(29)33)34-21-12-8-19(9-13-21)28-24(32)16-2-4-17(26)5-3-16/h2-13,22H,14H2,1H3,(H,27,30)(H,28,32). The maximum atomic E-state index is 13.0. The van der Waals surface area contributed by atoms with Crippen LogP contribution in [0.25, 0.3) is 0 Å². The Morgan fingerprint density at radius 2 is 1.47 bits per heavy atom. The summed E-state index contributed by atoms with van der Waals surface area (Å²) >= 11 is 1.28. The highest BCUT2D eigenvalue weighted by atomic mass is 32.2. The molecule has 1 unspecified atom stereocenters. The van der Waals surface area contributed by atoms with Crippen LogP contribution in [0, 0.1) is 5.82 Å². The van der Waals surface area contributed by atoms with Gasteiger partial charge in [-0.25, -0.2) is 9.29 Å². The molecule has 1 aliphatic heterocycles. The van der Waals surface area contributed by atoms with Crippen LogP contribution in [0.15, 0.2) is 77.7 Å². The van der Waals surface area contributed by atoms with Gasteiger partial charge in [-0.05, 0) is 72.8 Å². The van der Waals surface area contributed by atoms with E-state index in [2.05, 4.69) is 10.6 Å². The first-order valence-electron chi connectivity index (χ1n) is 10.4. The number of benzene rings is 3. The van der Waals surface area contributed by atoms with E-state index in [9.17, 15) is 23.6 Å². The van der Waals surface area contributed by atoms with Gasteiger partial charge in [-0.2, -0.15) is 0 Å². The normalized spacial score (nSPS) is 15.4. The topological polar surface area (TPSA) is 95.6 Å². The molecule has 2 N–H and O–H groups in total. The van der Waals surface area contributed by atoms with Crippen LogP contribution in [0.1, 0.15) is 23.7 Å². The van der Waals surface area contributed by atoms with Crippen LogP contribution in [0.3, 0.4) is 0 Å². The average Bonchev–Trinajstić information content (AvgIpc) is 3.08. The Kier molecular flexibility index (Phi) is 6.74. The summed E-state index contributed by atoms with van der Waals surface area (Å²) in [6.07, 6.45) is 0.0694. The van der Waals surface area contributed by atoms with E-state index in [0.29, 0.717) is 22.6 Å². The summed E-state index contributed by atoms with van der Waals surface area (Å²) in [7, 11) is 0. The van der Waals surface area contributed by atoms with Crippen molar-refractivity contribution in [2.45, 2.75) is 23.5 Å². The Morgan fingerprint density at radius 1 is 0.882 bits per heavy atom. The molecule has 172 valence electrons. The van der Waals surface area contributed by atoms with Gasteiger partial charge in [0, 0.05) is 35.2 Å². The second-order valence-electron chi connectivity index (χ2n) is 7.59. The molecule has 1 aliphatic rings. The van der Waals surface area contributed by atoms with Gasteiger partial charge >= 0.3 is 0 Å². The largest absolute Gasteiger partial charge is 0.326 e. The molecular weight excluding hydrogens is 457 g/mol. The minimum atomic E-state index is -0.567. The number of amides is 4. The zero-order valence-electron chi connectivity index (χ0n) is 18.1. The van der Waals surface area contributed by atoms with Crippen LogP contribution < -0.4 is 15.5 Å². The molecule has 0 aromatic heterocycles. The van der Waals surface area contributed by atoms with E-state index in [4.69, 9.17) is 0 Å². The van der Waals surface area contributed by atoms with Gasteiger partial charge < -0.3 is 10.6 Å². The van der Waals surface area contributed by atoms with Crippen molar-refractivity contribution in [2.24, 2.45) is 0 Å². The van der Waals surface area contributed by atoms with Crippen molar-refractivity contribution in [3.63, 3.8) is 0 Å². The first-order chi connectivity index (χ1) is 16.3. The Hall–Kier alpha value is -3.98. The monoisotopic (exact) mass is 477 g/mol. The fourth-order valence-electron chi connectivity index (χ4n) is 3.45. The van der Waals surface area contributed by atoms with Gasteiger partial charge in [-0.3, -0.25) is 19.2 Å². The van der Waals surface area contributed by atoms with Crippen molar-refractivity contribution in [1.82, 2.24) is 0 Å². The number of rotatable bonds is 6. The summed E-state index contributed by atoms with van der Waals surface area (Å²) < 4.78 is 13.0. The molecular formula is C25H20FN3O4S. The molecule has 3 aromatic rings. The zero-order valence-corrected chi connectivity index (χ0v) is 18.9. The van der Waals surface area contributed by atoms with Gasteiger partial charge in [0.2, 0.25) is 17.7 Å². The molecule has 7 nitrogen and oxygen atoms in total. The van der Waals surface area contributed by atoms with E-state index in [1.165, 1.54) is 43.0 Å². The molecule has 4 rings (SSSR count). The Bertz CT molecular complexity index is 1240. The molecule has 4 amide bonds. The highest BCUT2D eigenvalue weighted by Gasteiger charge is 2.40. The van der Waals surface area contributed by atoms with E-state index < -0.39 is 11.1 Å². The summed E-state index contributed by atoms with van der Waals surface area (Å²) in [6.45, 7) is 1.40. The second-order valence-corrected chi connectivity index (χ2v) is 8.87. The van der Waals surface area contributed by atoms with Crippen molar-refractivity contribution in [2.75, 3.05) is 15.5 Å². The van der Waals surface area contributed by atoms with Crippen molar-refractivity contribution in [3.8, 4) is 0 Å². The number of carbonyl (C=O) groups excluding carboxylic acids is 4. The number of thioether (sulfide) groups is 1. The molecule has 0 aliphatic carbocycles. The van der Waals surface area contributed by atoms with Gasteiger partial charge in [0.25, 0.3) is 5.91 Å². The van der Waals surface area contributed by atoms with Gasteiger partial charge in [-0.15, -0.1) is 11.8 Å². The van der Waals surface area contributed by atoms with Crippen LogP contribution in [0.4, 0.5) is 21.5 Å². The third-order valence-corrected chi connectivity index (χ3v) is 6.25. The Labute approximate surface area is 199 Å². The highest BCUT2D eigenvalue weighted by molar-refractivity contribution is 8.00. The summed E-state index contributed by atoms with van der Waals surface area (Å²) in [5, 5.41) is 4.81. The van der Waals surface area contributed by atoms with Crippen LogP contribution in [0.2, 0.25) is 0 Å². The molecule has 9 heteroatoms. The number of nitrogens with zero attached hydrogens (tertiary/aromatic N) is 1. The molecule has 1 heterocycles. The number of anilines is 3. The highest BCUT2D eigenvalue weighted by Crippen LogP contribution is 2.34. The van der Waals surface area contributed by atoms with Gasteiger partial charge in [0.05, 0.1) is 10.9 Å². The van der Waals surface area contributed by atoms with Crippen molar-refractivity contribution in [1.29, 1.82) is 0 Å². The lowest BCUT2D eigenvalue weighted by Crippen LogP contribution is -2.31. The van der Waals surface area contributed by atoms with E-state index in [-0.39, 0.29) is 30.0 Å². The van der Waals surface area contributed by atoms with Crippen molar-refractivity contribution < 1.29 is 23.6 Å². The molecule has 34 heavy (non-hydrogen) atoms. The molecule has 0 radical (unpaired) electrons. The number of hydrogen-bond donors (Lipinski definition) is 2. The quantitative estimate of drug-likeness (QED) is 0.511. The first kappa shape index (κ1) is 23.2. The lowest BCUT2D eigenvalue weighted by atomic mass is 10.2. The third-order valence-electron chi connectivity index (χ3n) is 5.05.